The van der Waals surface area contributed by atoms with E-state index in [9.17, 15) is 0 Å². The summed E-state index contributed by atoms with van der Waals surface area (Å²) in [6.45, 7) is 0.745. The van der Waals surface area contributed by atoms with Crippen molar-refractivity contribution in [3.05, 3.63) is 53.9 Å². The third-order valence-corrected chi connectivity index (χ3v) is 4.14. The van der Waals surface area contributed by atoms with Crippen molar-refractivity contribution in [2.75, 3.05) is 26.1 Å². The summed E-state index contributed by atoms with van der Waals surface area (Å²) in [6, 6.07) is 13.4. The molecule has 8 nitrogen and oxygen atoms in total. The lowest BCUT2D eigenvalue weighted by Crippen LogP contribution is -2.21. The van der Waals surface area contributed by atoms with Gasteiger partial charge in [0, 0.05) is 12.1 Å². The molecule has 2 heterocycles. The molecule has 140 valence electrons. The first-order chi connectivity index (χ1) is 13.3. The molecular formula is C19H19N3O5. The molecule has 0 saturated heterocycles. The Morgan fingerprint density at radius 1 is 1.04 bits per heavy atom. The molecule has 1 atom stereocenters. The van der Waals surface area contributed by atoms with E-state index in [-0.39, 0.29) is 6.01 Å². The lowest BCUT2D eigenvalue weighted by molar-refractivity contribution is 0.0717. The molecule has 3 aromatic rings. The zero-order valence-corrected chi connectivity index (χ0v) is 15.0. The first kappa shape index (κ1) is 17.0. The van der Waals surface area contributed by atoms with E-state index < -0.39 is 6.10 Å². The molecule has 1 aliphatic rings. The Morgan fingerprint density at radius 3 is 2.70 bits per heavy atom. The van der Waals surface area contributed by atoms with Crippen molar-refractivity contribution < 1.29 is 23.4 Å². The van der Waals surface area contributed by atoms with E-state index in [0.29, 0.717) is 42.0 Å². The molecule has 1 aromatic heterocycles. The maximum Gasteiger partial charge on any atom is 0.315 e. The standard InChI is InChI=1S/C19H19N3O5/c1-23-15-9-5-6-12(17(15)24-2)10-20-19-22-21-18(27-19)16-11-25-13-7-3-4-8-14(13)26-16/h3-9,16H,10-11H2,1-2H3,(H,20,22)/t16-/m1/s1. The number of nitrogens with zero attached hydrogens (tertiary/aromatic N) is 2. The van der Waals surface area contributed by atoms with Crippen LogP contribution < -0.4 is 24.3 Å². The number of para-hydroxylation sites is 3. The van der Waals surface area contributed by atoms with Crippen LogP contribution in [0.25, 0.3) is 0 Å². The topological polar surface area (TPSA) is 87.9 Å². The van der Waals surface area contributed by atoms with E-state index in [4.69, 9.17) is 23.4 Å². The maximum absolute atomic E-state index is 5.88. The van der Waals surface area contributed by atoms with Gasteiger partial charge in [-0.25, -0.2) is 0 Å². The third-order valence-electron chi connectivity index (χ3n) is 4.14. The number of fused-ring (bicyclic) bond motifs is 1. The summed E-state index contributed by atoms with van der Waals surface area (Å²) in [6.07, 6.45) is -0.450. The Balaban J connectivity index is 1.44. The highest BCUT2D eigenvalue weighted by molar-refractivity contribution is 5.47. The van der Waals surface area contributed by atoms with Gasteiger partial charge in [0.1, 0.15) is 6.61 Å². The Bertz CT molecular complexity index is 927. The second kappa shape index (κ2) is 7.45. The molecule has 0 amide bonds. The number of aromatic nitrogens is 2. The van der Waals surface area contributed by atoms with Crippen LogP contribution in [-0.4, -0.2) is 31.0 Å². The Hall–Kier alpha value is -3.42. The van der Waals surface area contributed by atoms with Gasteiger partial charge in [-0.15, -0.1) is 5.10 Å². The van der Waals surface area contributed by atoms with Gasteiger partial charge in [0.05, 0.1) is 14.2 Å². The summed E-state index contributed by atoms with van der Waals surface area (Å²) in [7, 11) is 3.20. The Kier molecular flexibility index (Phi) is 4.69. The van der Waals surface area contributed by atoms with Crippen molar-refractivity contribution in [1.29, 1.82) is 0 Å². The van der Waals surface area contributed by atoms with Gasteiger partial charge < -0.3 is 28.7 Å². The quantitative estimate of drug-likeness (QED) is 0.709. The Labute approximate surface area is 156 Å². The average Bonchev–Trinajstić information content (AvgIpc) is 3.20. The molecule has 1 aliphatic heterocycles. The van der Waals surface area contributed by atoms with Crippen LogP contribution in [-0.2, 0) is 6.54 Å². The molecule has 4 rings (SSSR count). The second-order valence-corrected chi connectivity index (χ2v) is 5.82. The number of anilines is 1. The monoisotopic (exact) mass is 369 g/mol. The highest BCUT2D eigenvalue weighted by atomic mass is 16.6. The normalized spacial score (nSPS) is 15.3. The first-order valence-electron chi connectivity index (χ1n) is 8.44. The van der Waals surface area contributed by atoms with Gasteiger partial charge in [0.25, 0.3) is 5.89 Å². The van der Waals surface area contributed by atoms with Gasteiger partial charge >= 0.3 is 6.01 Å². The minimum absolute atomic E-state index is 0.289. The molecule has 2 aromatic carbocycles. The SMILES string of the molecule is COc1cccc(CNc2nnc([C@H]3COc4ccccc4O3)o2)c1OC. The summed E-state index contributed by atoms with van der Waals surface area (Å²) in [5.74, 6) is 3.03. The molecule has 1 N–H and O–H groups in total. The first-order valence-corrected chi connectivity index (χ1v) is 8.44. The smallest absolute Gasteiger partial charge is 0.315 e. The number of ether oxygens (including phenoxy) is 4. The predicted octanol–water partition coefficient (Wildman–Crippen LogP) is 3.21. The van der Waals surface area contributed by atoms with Gasteiger partial charge in [-0.3, -0.25) is 0 Å². The van der Waals surface area contributed by atoms with Gasteiger partial charge in [0.2, 0.25) is 6.10 Å². The van der Waals surface area contributed by atoms with E-state index in [2.05, 4.69) is 15.5 Å². The highest BCUT2D eigenvalue weighted by Gasteiger charge is 2.27. The fourth-order valence-corrected chi connectivity index (χ4v) is 2.84. The zero-order valence-electron chi connectivity index (χ0n) is 15.0. The average molecular weight is 369 g/mol. The molecule has 0 fully saturated rings. The summed E-state index contributed by atoms with van der Waals surface area (Å²) >= 11 is 0. The van der Waals surface area contributed by atoms with Crippen LogP contribution in [0, 0.1) is 0 Å². The predicted molar refractivity (Wildman–Crippen MR) is 96.5 cm³/mol. The van der Waals surface area contributed by atoms with Crippen LogP contribution in [0.3, 0.4) is 0 Å². The fourth-order valence-electron chi connectivity index (χ4n) is 2.84. The molecular weight excluding hydrogens is 350 g/mol. The third kappa shape index (κ3) is 3.46. The fraction of sp³-hybridized carbons (Fsp3) is 0.263. The van der Waals surface area contributed by atoms with Crippen LogP contribution in [0.4, 0.5) is 6.01 Å². The molecule has 0 bridgehead atoms. The number of nitrogens with one attached hydrogen (secondary N) is 1. The number of hydrogen-bond donors (Lipinski definition) is 1. The number of rotatable bonds is 6. The maximum atomic E-state index is 5.88. The number of hydrogen-bond acceptors (Lipinski definition) is 8. The van der Waals surface area contributed by atoms with Crippen molar-refractivity contribution in [1.82, 2.24) is 10.2 Å². The van der Waals surface area contributed by atoms with Crippen molar-refractivity contribution in [3.63, 3.8) is 0 Å². The van der Waals surface area contributed by atoms with Crippen LogP contribution in [0.1, 0.15) is 17.6 Å². The number of methoxy groups -OCH3 is 2. The molecule has 0 aliphatic carbocycles. The van der Waals surface area contributed by atoms with Crippen molar-refractivity contribution >= 4 is 6.01 Å². The molecule has 0 saturated carbocycles. The molecule has 8 heteroatoms. The van der Waals surface area contributed by atoms with Crippen LogP contribution in [0.5, 0.6) is 23.0 Å². The highest BCUT2D eigenvalue weighted by Crippen LogP contribution is 2.36. The Morgan fingerprint density at radius 2 is 1.89 bits per heavy atom. The van der Waals surface area contributed by atoms with E-state index >= 15 is 0 Å². The van der Waals surface area contributed by atoms with Gasteiger partial charge in [-0.1, -0.05) is 29.4 Å². The van der Waals surface area contributed by atoms with Crippen LogP contribution in [0.15, 0.2) is 46.9 Å². The van der Waals surface area contributed by atoms with Gasteiger partial charge in [0.15, 0.2) is 23.0 Å². The summed E-state index contributed by atoms with van der Waals surface area (Å²) < 4.78 is 28.0. The number of benzene rings is 2. The van der Waals surface area contributed by atoms with Crippen molar-refractivity contribution in [2.24, 2.45) is 0 Å². The summed E-state index contributed by atoms with van der Waals surface area (Å²) in [4.78, 5) is 0. The van der Waals surface area contributed by atoms with Crippen molar-refractivity contribution in [3.8, 4) is 23.0 Å². The largest absolute Gasteiger partial charge is 0.493 e. The van der Waals surface area contributed by atoms with E-state index in [0.717, 1.165) is 5.56 Å². The van der Waals surface area contributed by atoms with Crippen LogP contribution >= 0.6 is 0 Å². The van der Waals surface area contributed by atoms with E-state index in [1.54, 1.807) is 14.2 Å². The minimum Gasteiger partial charge on any atom is -0.493 e. The van der Waals surface area contributed by atoms with Crippen molar-refractivity contribution in [2.45, 2.75) is 12.6 Å². The summed E-state index contributed by atoms with van der Waals surface area (Å²) in [5, 5.41) is 11.2. The van der Waals surface area contributed by atoms with Gasteiger partial charge in [-0.05, 0) is 18.2 Å². The van der Waals surface area contributed by atoms with Crippen LogP contribution in [0.2, 0.25) is 0 Å². The molecule has 0 spiro atoms. The summed E-state index contributed by atoms with van der Waals surface area (Å²) in [5.41, 5.74) is 0.905. The van der Waals surface area contributed by atoms with E-state index in [1.165, 1.54) is 0 Å². The molecule has 0 unspecified atom stereocenters. The van der Waals surface area contributed by atoms with E-state index in [1.807, 2.05) is 42.5 Å². The second-order valence-electron chi connectivity index (χ2n) is 5.82. The lowest BCUT2D eigenvalue weighted by Gasteiger charge is -2.23. The molecule has 0 radical (unpaired) electrons. The molecule has 27 heavy (non-hydrogen) atoms. The van der Waals surface area contributed by atoms with Gasteiger partial charge in [-0.2, -0.15) is 0 Å². The zero-order chi connectivity index (χ0) is 18.6. The lowest BCUT2D eigenvalue weighted by atomic mass is 10.2. The minimum atomic E-state index is -0.450.